The number of fused-ring (bicyclic) bond motifs is 1. The van der Waals surface area contributed by atoms with E-state index in [0.717, 1.165) is 13.1 Å². The fraction of sp³-hybridized carbons (Fsp3) is 0.500. The summed E-state index contributed by atoms with van der Waals surface area (Å²) in [6.45, 7) is 4.48. The first-order valence-corrected chi connectivity index (χ1v) is 7.32. The van der Waals surface area contributed by atoms with Gasteiger partial charge in [0.1, 0.15) is 0 Å². The van der Waals surface area contributed by atoms with Gasteiger partial charge < -0.3 is 15.1 Å². The topological polar surface area (TPSA) is 65.5 Å². The smallest absolute Gasteiger partial charge is 0.321 e. The molecule has 3 heterocycles. The van der Waals surface area contributed by atoms with Crippen LogP contribution in [0.3, 0.4) is 0 Å². The van der Waals surface area contributed by atoms with Gasteiger partial charge in [-0.25, -0.2) is 4.79 Å². The maximum atomic E-state index is 12.2. The highest BCUT2D eigenvalue weighted by atomic mass is 35.5. The molecular formula is C14H17ClN4O2. The number of hydrogen-bond acceptors (Lipinski definition) is 3. The third-order valence-corrected chi connectivity index (χ3v) is 4.38. The molecule has 0 bridgehead atoms. The second kappa shape index (κ2) is 5.52. The number of nitrogens with zero attached hydrogens (tertiary/aromatic N) is 3. The van der Waals surface area contributed by atoms with Crippen LogP contribution < -0.4 is 5.32 Å². The summed E-state index contributed by atoms with van der Waals surface area (Å²) < 4.78 is 0. The maximum absolute atomic E-state index is 12.2. The van der Waals surface area contributed by atoms with Crippen molar-refractivity contribution in [2.45, 2.75) is 6.92 Å². The molecule has 6 nitrogen and oxygen atoms in total. The summed E-state index contributed by atoms with van der Waals surface area (Å²) in [6, 6.07) is 1.53. The molecule has 0 unspecified atom stereocenters. The Balaban J connectivity index is 1.58. The largest absolute Gasteiger partial charge is 0.342 e. The van der Waals surface area contributed by atoms with Crippen LogP contribution in [-0.2, 0) is 4.79 Å². The van der Waals surface area contributed by atoms with Gasteiger partial charge in [0.05, 0.1) is 16.9 Å². The Morgan fingerprint density at radius 3 is 2.38 bits per heavy atom. The summed E-state index contributed by atoms with van der Waals surface area (Å²) in [7, 11) is 0. The fourth-order valence-electron chi connectivity index (χ4n) is 3.10. The fourth-order valence-corrected chi connectivity index (χ4v) is 3.27. The third-order valence-electron chi connectivity index (χ3n) is 4.17. The summed E-state index contributed by atoms with van der Waals surface area (Å²) in [5.41, 5.74) is 0.593. The maximum Gasteiger partial charge on any atom is 0.321 e. The van der Waals surface area contributed by atoms with Crippen LogP contribution in [0.4, 0.5) is 10.5 Å². The monoisotopic (exact) mass is 308 g/mol. The van der Waals surface area contributed by atoms with E-state index in [9.17, 15) is 9.59 Å². The van der Waals surface area contributed by atoms with Crippen molar-refractivity contribution in [2.24, 2.45) is 11.8 Å². The molecule has 0 saturated carbocycles. The van der Waals surface area contributed by atoms with Gasteiger partial charge in [-0.15, -0.1) is 0 Å². The number of aromatic nitrogens is 1. The van der Waals surface area contributed by atoms with E-state index in [-0.39, 0.29) is 11.9 Å². The van der Waals surface area contributed by atoms with E-state index in [0.29, 0.717) is 35.6 Å². The molecule has 1 N–H and O–H groups in total. The molecule has 3 amide bonds. The SMILES string of the molecule is CC(=O)N1C[C@@H]2CN(C(=O)Nc3cncc(Cl)c3)C[C@@H]2C1. The Morgan fingerprint density at radius 1 is 1.19 bits per heavy atom. The normalized spacial score (nSPS) is 24.1. The lowest BCUT2D eigenvalue weighted by Gasteiger charge is -2.21. The number of pyridine rings is 1. The van der Waals surface area contributed by atoms with Gasteiger partial charge in [-0.3, -0.25) is 9.78 Å². The van der Waals surface area contributed by atoms with E-state index in [1.807, 2.05) is 4.90 Å². The zero-order valence-corrected chi connectivity index (χ0v) is 12.5. The average molecular weight is 309 g/mol. The van der Waals surface area contributed by atoms with Crippen molar-refractivity contribution in [3.05, 3.63) is 23.5 Å². The van der Waals surface area contributed by atoms with Gasteiger partial charge in [0.25, 0.3) is 0 Å². The number of amides is 3. The molecule has 0 aromatic carbocycles. The number of anilines is 1. The predicted molar refractivity (Wildman–Crippen MR) is 79.1 cm³/mol. The van der Waals surface area contributed by atoms with Gasteiger partial charge >= 0.3 is 6.03 Å². The van der Waals surface area contributed by atoms with Crippen LogP contribution in [0.25, 0.3) is 0 Å². The summed E-state index contributed by atoms with van der Waals surface area (Å²) >= 11 is 5.85. The first-order valence-electron chi connectivity index (χ1n) is 6.95. The molecule has 7 heteroatoms. The van der Waals surface area contributed by atoms with Gasteiger partial charge in [0, 0.05) is 51.1 Å². The van der Waals surface area contributed by atoms with Crippen LogP contribution in [0.15, 0.2) is 18.5 Å². The van der Waals surface area contributed by atoms with E-state index < -0.39 is 0 Å². The molecule has 2 fully saturated rings. The molecule has 2 aliphatic heterocycles. The number of carbonyl (C=O) groups is 2. The molecule has 112 valence electrons. The number of rotatable bonds is 1. The summed E-state index contributed by atoms with van der Waals surface area (Å²) in [6.07, 6.45) is 3.09. The van der Waals surface area contributed by atoms with E-state index in [1.165, 1.54) is 6.20 Å². The molecule has 0 aliphatic carbocycles. The molecule has 1 aromatic heterocycles. The van der Waals surface area contributed by atoms with Crippen LogP contribution in [0.1, 0.15) is 6.92 Å². The lowest BCUT2D eigenvalue weighted by atomic mass is 10.0. The molecule has 0 spiro atoms. The Labute approximate surface area is 128 Å². The predicted octanol–water partition coefficient (Wildman–Crippen LogP) is 1.68. The van der Waals surface area contributed by atoms with Crippen LogP contribution in [0, 0.1) is 11.8 Å². The first kappa shape index (κ1) is 14.1. The quantitative estimate of drug-likeness (QED) is 0.858. The second-order valence-corrected chi connectivity index (χ2v) is 6.11. The van der Waals surface area contributed by atoms with Crippen LogP contribution >= 0.6 is 11.6 Å². The second-order valence-electron chi connectivity index (χ2n) is 5.67. The number of nitrogens with one attached hydrogen (secondary N) is 1. The van der Waals surface area contributed by atoms with Gasteiger partial charge in [-0.05, 0) is 6.07 Å². The van der Waals surface area contributed by atoms with Crippen LogP contribution in [0.2, 0.25) is 5.02 Å². The third kappa shape index (κ3) is 2.95. The summed E-state index contributed by atoms with van der Waals surface area (Å²) in [4.78, 5) is 31.2. The van der Waals surface area contributed by atoms with Crippen LogP contribution in [-0.4, -0.2) is 52.9 Å². The minimum absolute atomic E-state index is 0.116. The van der Waals surface area contributed by atoms with E-state index >= 15 is 0 Å². The Morgan fingerprint density at radius 2 is 1.81 bits per heavy atom. The number of urea groups is 1. The highest BCUT2D eigenvalue weighted by Gasteiger charge is 2.42. The van der Waals surface area contributed by atoms with Gasteiger partial charge in [0.15, 0.2) is 0 Å². The van der Waals surface area contributed by atoms with Crippen molar-refractivity contribution in [1.82, 2.24) is 14.8 Å². The zero-order chi connectivity index (χ0) is 15.0. The van der Waals surface area contributed by atoms with Gasteiger partial charge in [-0.2, -0.15) is 0 Å². The summed E-state index contributed by atoms with van der Waals surface area (Å²) in [5.74, 6) is 0.889. The number of halogens is 1. The molecule has 2 aliphatic rings. The zero-order valence-electron chi connectivity index (χ0n) is 11.8. The molecular weight excluding hydrogens is 292 g/mol. The van der Waals surface area contributed by atoms with Gasteiger partial charge in [-0.1, -0.05) is 11.6 Å². The number of hydrogen-bond donors (Lipinski definition) is 1. The van der Waals surface area contributed by atoms with Crippen molar-refractivity contribution in [2.75, 3.05) is 31.5 Å². The van der Waals surface area contributed by atoms with Crippen molar-refractivity contribution >= 4 is 29.2 Å². The molecule has 2 saturated heterocycles. The molecule has 3 rings (SSSR count). The number of likely N-dealkylation sites (tertiary alicyclic amines) is 2. The van der Waals surface area contributed by atoms with Gasteiger partial charge in [0.2, 0.25) is 5.91 Å². The Kier molecular flexibility index (Phi) is 3.71. The summed E-state index contributed by atoms with van der Waals surface area (Å²) in [5, 5.41) is 3.30. The Hall–Kier alpha value is -1.82. The van der Waals surface area contributed by atoms with Crippen LogP contribution in [0.5, 0.6) is 0 Å². The standard InChI is InChI=1S/C14H17ClN4O2/c1-9(20)18-5-10-7-19(8-11(10)6-18)14(21)17-13-2-12(15)3-16-4-13/h2-4,10-11H,5-8H2,1H3,(H,17,21)/t10-,11+. The minimum Gasteiger partial charge on any atom is -0.342 e. The number of carbonyl (C=O) groups excluding carboxylic acids is 2. The van der Waals surface area contributed by atoms with Crippen molar-refractivity contribution in [3.8, 4) is 0 Å². The van der Waals surface area contributed by atoms with Crippen molar-refractivity contribution in [1.29, 1.82) is 0 Å². The lowest BCUT2D eigenvalue weighted by Crippen LogP contribution is -2.37. The van der Waals surface area contributed by atoms with Crippen molar-refractivity contribution in [3.63, 3.8) is 0 Å². The average Bonchev–Trinajstić information content (AvgIpc) is 2.96. The minimum atomic E-state index is -0.136. The highest BCUT2D eigenvalue weighted by Crippen LogP contribution is 2.31. The van der Waals surface area contributed by atoms with E-state index in [4.69, 9.17) is 11.6 Å². The van der Waals surface area contributed by atoms with E-state index in [1.54, 1.807) is 24.1 Å². The van der Waals surface area contributed by atoms with E-state index in [2.05, 4.69) is 10.3 Å². The first-order chi connectivity index (χ1) is 10.0. The Bertz CT molecular complexity index is 566. The molecule has 1 aromatic rings. The van der Waals surface area contributed by atoms with Crippen molar-refractivity contribution < 1.29 is 9.59 Å². The molecule has 2 atom stereocenters. The molecule has 0 radical (unpaired) electrons. The molecule has 21 heavy (non-hydrogen) atoms. The lowest BCUT2D eigenvalue weighted by molar-refractivity contribution is -0.128. The highest BCUT2D eigenvalue weighted by molar-refractivity contribution is 6.30.